The van der Waals surface area contributed by atoms with Crippen LogP contribution in [-0.4, -0.2) is 30.2 Å². The molecule has 0 aromatic carbocycles. The van der Waals surface area contributed by atoms with Crippen LogP contribution in [0.25, 0.3) is 0 Å². The number of ether oxygens (including phenoxy) is 1. The zero-order valence-corrected chi connectivity index (χ0v) is 13.7. The molecule has 2 unspecified atom stereocenters. The predicted molar refractivity (Wildman–Crippen MR) is 85.0 cm³/mol. The summed E-state index contributed by atoms with van der Waals surface area (Å²) in [7, 11) is 0. The van der Waals surface area contributed by atoms with E-state index in [4.69, 9.17) is 10.5 Å². The second kappa shape index (κ2) is 7.59. The van der Waals surface area contributed by atoms with Crippen LogP contribution >= 0.6 is 0 Å². The van der Waals surface area contributed by atoms with Crippen LogP contribution in [0.2, 0.25) is 0 Å². The molecule has 21 heavy (non-hydrogen) atoms. The van der Waals surface area contributed by atoms with Gasteiger partial charge in [-0.05, 0) is 44.9 Å². The SMILES string of the molecule is CCCCCCC(C)OCC(NC1CC1)(C(N)=O)C1CC1. The number of hydrogen-bond acceptors (Lipinski definition) is 3. The number of unbranched alkanes of at least 4 members (excludes halogenated alkanes) is 3. The Morgan fingerprint density at radius 1 is 1.29 bits per heavy atom. The van der Waals surface area contributed by atoms with Crippen molar-refractivity contribution < 1.29 is 9.53 Å². The van der Waals surface area contributed by atoms with Crippen molar-refractivity contribution in [3.63, 3.8) is 0 Å². The first-order chi connectivity index (χ1) is 10.1. The average Bonchev–Trinajstić information content (AvgIpc) is 3.32. The highest BCUT2D eigenvalue weighted by atomic mass is 16.5. The second-order valence-electron chi connectivity index (χ2n) is 7.00. The van der Waals surface area contributed by atoms with Gasteiger partial charge in [-0.1, -0.05) is 32.6 Å². The Kier molecular flexibility index (Phi) is 6.06. The summed E-state index contributed by atoms with van der Waals surface area (Å²) < 4.78 is 6.02. The molecule has 4 heteroatoms. The maximum atomic E-state index is 12.1. The number of rotatable bonds is 12. The van der Waals surface area contributed by atoms with E-state index in [1.807, 2.05) is 0 Å². The molecule has 0 saturated heterocycles. The Morgan fingerprint density at radius 3 is 2.52 bits per heavy atom. The van der Waals surface area contributed by atoms with Crippen LogP contribution in [0, 0.1) is 5.92 Å². The van der Waals surface area contributed by atoms with Crippen LogP contribution in [0.5, 0.6) is 0 Å². The Balaban J connectivity index is 1.79. The summed E-state index contributed by atoms with van der Waals surface area (Å²) in [6.07, 6.45) is 10.8. The molecule has 0 radical (unpaired) electrons. The van der Waals surface area contributed by atoms with E-state index in [0.29, 0.717) is 18.6 Å². The molecular formula is C17H32N2O2. The van der Waals surface area contributed by atoms with Gasteiger partial charge in [-0.2, -0.15) is 0 Å². The first-order valence-electron chi connectivity index (χ1n) is 8.77. The van der Waals surface area contributed by atoms with Gasteiger partial charge in [-0.25, -0.2) is 0 Å². The van der Waals surface area contributed by atoms with Crippen LogP contribution < -0.4 is 11.1 Å². The van der Waals surface area contributed by atoms with E-state index in [2.05, 4.69) is 19.2 Å². The quantitative estimate of drug-likeness (QED) is 0.544. The molecule has 2 fully saturated rings. The molecule has 2 saturated carbocycles. The number of hydrogen-bond donors (Lipinski definition) is 2. The lowest BCUT2D eigenvalue weighted by atomic mass is 9.92. The zero-order chi connectivity index (χ0) is 15.3. The average molecular weight is 296 g/mol. The summed E-state index contributed by atoms with van der Waals surface area (Å²) >= 11 is 0. The van der Waals surface area contributed by atoms with Gasteiger partial charge in [0, 0.05) is 6.04 Å². The maximum Gasteiger partial charge on any atom is 0.240 e. The third kappa shape index (κ3) is 4.96. The van der Waals surface area contributed by atoms with Gasteiger partial charge in [0.15, 0.2) is 0 Å². The monoisotopic (exact) mass is 296 g/mol. The molecular weight excluding hydrogens is 264 g/mol. The summed E-state index contributed by atoms with van der Waals surface area (Å²) in [6, 6.07) is 0.474. The molecule has 0 aromatic rings. The van der Waals surface area contributed by atoms with E-state index < -0.39 is 5.54 Å². The van der Waals surface area contributed by atoms with Gasteiger partial charge in [-0.15, -0.1) is 0 Å². The minimum atomic E-state index is -0.612. The molecule has 0 bridgehead atoms. The summed E-state index contributed by atoms with van der Waals surface area (Å²) in [5.74, 6) is 0.151. The van der Waals surface area contributed by atoms with Crippen molar-refractivity contribution in [3.05, 3.63) is 0 Å². The molecule has 0 spiro atoms. The number of primary amides is 1. The van der Waals surface area contributed by atoms with Crippen LogP contribution in [-0.2, 0) is 9.53 Å². The summed E-state index contributed by atoms with van der Waals surface area (Å²) in [4.78, 5) is 12.1. The van der Waals surface area contributed by atoms with Gasteiger partial charge in [-0.3, -0.25) is 10.1 Å². The maximum absolute atomic E-state index is 12.1. The molecule has 3 N–H and O–H groups in total. The number of carbonyl (C=O) groups excluding carboxylic acids is 1. The van der Waals surface area contributed by atoms with Crippen LogP contribution in [0.1, 0.15) is 71.6 Å². The molecule has 2 rings (SSSR count). The van der Waals surface area contributed by atoms with Crippen molar-refractivity contribution in [2.45, 2.75) is 89.3 Å². The van der Waals surface area contributed by atoms with Gasteiger partial charge < -0.3 is 10.5 Å². The third-order valence-corrected chi connectivity index (χ3v) is 4.81. The number of carbonyl (C=O) groups is 1. The Morgan fingerprint density at radius 2 is 2.00 bits per heavy atom. The molecule has 4 nitrogen and oxygen atoms in total. The summed E-state index contributed by atoms with van der Waals surface area (Å²) in [6.45, 7) is 4.78. The van der Waals surface area contributed by atoms with E-state index in [0.717, 1.165) is 32.1 Å². The minimum Gasteiger partial charge on any atom is -0.376 e. The molecule has 1 amide bonds. The standard InChI is InChI=1S/C17H32N2O2/c1-3-4-5-6-7-13(2)21-12-17(16(18)20,14-8-9-14)19-15-10-11-15/h13-15,19H,3-12H2,1-2H3,(H2,18,20). The highest BCUT2D eigenvalue weighted by molar-refractivity contribution is 5.86. The van der Waals surface area contributed by atoms with Crippen LogP contribution in [0.3, 0.4) is 0 Å². The van der Waals surface area contributed by atoms with Gasteiger partial charge in [0.25, 0.3) is 0 Å². The Labute approximate surface area is 129 Å². The predicted octanol–water partition coefficient (Wildman–Crippen LogP) is 2.75. The lowest BCUT2D eigenvalue weighted by molar-refractivity contribution is -0.129. The Hall–Kier alpha value is -0.610. The van der Waals surface area contributed by atoms with Crippen molar-refractivity contribution >= 4 is 5.91 Å². The van der Waals surface area contributed by atoms with Gasteiger partial charge in [0.2, 0.25) is 5.91 Å². The van der Waals surface area contributed by atoms with E-state index in [9.17, 15) is 4.79 Å². The smallest absolute Gasteiger partial charge is 0.240 e. The molecule has 0 heterocycles. The zero-order valence-electron chi connectivity index (χ0n) is 13.7. The highest BCUT2D eigenvalue weighted by Gasteiger charge is 2.52. The molecule has 122 valence electrons. The first-order valence-corrected chi connectivity index (χ1v) is 8.77. The molecule has 0 aliphatic heterocycles. The fourth-order valence-corrected chi connectivity index (χ4v) is 3.00. The highest BCUT2D eigenvalue weighted by Crippen LogP contribution is 2.42. The van der Waals surface area contributed by atoms with E-state index >= 15 is 0 Å². The van der Waals surface area contributed by atoms with Gasteiger partial charge in [0.05, 0.1) is 12.7 Å². The molecule has 2 atom stereocenters. The summed E-state index contributed by atoms with van der Waals surface area (Å²) in [5.41, 5.74) is 5.12. The van der Waals surface area contributed by atoms with Gasteiger partial charge >= 0.3 is 0 Å². The molecule has 2 aliphatic carbocycles. The largest absolute Gasteiger partial charge is 0.376 e. The number of nitrogens with two attached hydrogens (primary N) is 1. The van der Waals surface area contributed by atoms with Crippen molar-refractivity contribution in [1.82, 2.24) is 5.32 Å². The van der Waals surface area contributed by atoms with E-state index in [1.165, 1.54) is 25.7 Å². The van der Waals surface area contributed by atoms with Crippen molar-refractivity contribution in [1.29, 1.82) is 0 Å². The fourth-order valence-electron chi connectivity index (χ4n) is 3.00. The van der Waals surface area contributed by atoms with E-state index in [1.54, 1.807) is 0 Å². The van der Waals surface area contributed by atoms with E-state index in [-0.39, 0.29) is 12.0 Å². The third-order valence-electron chi connectivity index (χ3n) is 4.81. The number of nitrogens with one attached hydrogen (secondary N) is 1. The van der Waals surface area contributed by atoms with Crippen molar-refractivity contribution in [2.24, 2.45) is 11.7 Å². The molecule has 0 aromatic heterocycles. The Bertz CT molecular complexity index is 340. The lowest BCUT2D eigenvalue weighted by Crippen LogP contribution is -2.61. The lowest BCUT2D eigenvalue weighted by Gasteiger charge is -2.33. The summed E-state index contributed by atoms with van der Waals surface area (Å²) in [5, 5.41) is 3.50. The molecule has 2 aliphatic rings. The van der Waals surface area contributed by atoms with Gasteiger partial charge in [0.1, 0.15) is 5.54 Å². The fraction of sp³-hybridized carbons (Fsp3) is 0.941. The van der Waals surface area contributed by atoms with Crippen LogP contribution in [0.4, 0.5) is 0 Å². The minimum absolute atomic E-state index is 0.209. The first kappa shape index (κ1) is 16.8. The van der Waals surface area contributed by atoms with Crippen LogP contribution in [0.15, 0.2) is 0 Å². The normalized spacial score (nSPS) is 22.8. The van der Waals surface area contributed by atoms with Crippen molar-refractivity contribution in [2.75, 3.05) is 6.61 Å². The topological polar surface area (TPSA) is 64.3 Å². The second-order valence-corrected chi connectivity index (χ2v) is 7.00. The number of amides is 1. The van der Waals surface area contributed by atoms with Crippen molar-refractivity contribution in [3.8, 4) is 0 Å².